The number of ether oxygens (including phenoxy) is 1. The second kappa shape index (κ2) is 9.52. The molecule has 2 aliphatic rings. The van der Waals surface area contributed by atoms with Crippen molar-refractivity contribution in [1.29, 1.82) is 0 Å². The highest BCUT2D eigenvalue weighted by atomic mass is 19.4. The van der Waals surface area contributed by atoms with Crippen molar-refractivity contribution in [1.82, 2.24) is 19.8 Å². The lowest BCUT2D eigenvalue weighted by Gasteiger charge is -2.21. The van der Waals surface area contributed by atoms with E-state index in [1.54, 1.807) is 6.26 Å². The number of aryl methyl sites for hydroxylation is 1. The predicted octanol–water partition coefficient (Wildman–Crippen LogP) is 1.55. The van der Waals surface area contributed by atoms with Gasteiger partial charge in [-0.2, -0.15) is 13.2 Å². The molecule has 0 unspecified atom stereocenters. The zero-order valence-electron chi connectivity index (χ0n) is 16.7. The standard InChI is InChI=1S/C17H22N4O3.C2HF3O2/c1-20-11-18-7-12(20)9-21-10-14(16-15(21)4-6-24-16)17(22)19-8-13-3-2-5-23-13;3-2(4,5)1(6)7/h2-3,5,7,11,14-16H,4,6,8-10H2,1H3,(H,19,22);(H,6,7)/t14-,15+,16+;/m0./s1. The number of nitrogens with zero attached hydrogens (tertiary/aromatic N) is 3. The summed E-state index contributed by atoms with van der Waals surface area (Å²) in [5, 5.41) is 10.1. The summed E-state index contributed by atoms with van der Waals surface area (Å²) in [7, 11) is 1.99. The minimum absolute atomic E-state index is 0.0187. The molecular formula is C19H23F3N4O5. The summed E-state index contributed by atoms with van der Waals surface area (Å²) in [6.07, 6.45) is 1.18. The molecule has 0 aliphatic carbocycles. The number of rotatable bonds is 5. The Hall–Kier alpha value is -2.86. The summed E-state index contributed by atoms with van der Waals surface area (Å²) in [5.74, 6) is -2.10. The normalized spacial score (nSPS) is 23.2. The first-order valence-corrected chi connectivity index (χ1v) is 9.58. The van der Waals surface area contributed by atoms with Gasteiger partial charge >= 0.3 is 12.1 Å². The van der Waals surface area contributed by atoms with Crippen LogP contribution >= 0.6 is 0 Å². The van der Waals surface area contributed by atoms with E-state index in [1.807, 2.05) is 36.3 Å². The van der Waals surface area contributed by atoms with Crippen LogP contribution in [0.1, 0.15) is 17.9 Å². The lowest BCUT2D eigenvalue weighted by molar-refractivity contribution is -0.192. The number of furan rings is 1. The summed E-state index contributed by atoms with van der Waals surface area (Å²) in [4.78, 5) is 28.0. The number of carbonyl (C=O) groups excluding carboxylic acids is 1. The van der Waals surface area contributed by atoms with E-state index in [0.717, 1.165) is 31.0 Å². The maximum atomic E-state index is 12.6. The first kappa shape index (κ1) is 22.8. The maximum Gasteiger partial charge on any atom is 0.490 e. The Morgan fingerprint density at radius 2 is 2.13 bits per heavy atom. The molecule has 0 spiro atoms. The highest BCUT2D eigenvalue weighted by molar-refractivity contribution is 5.80. The van der Waals surface area contributed by atoms with Crippen molar-refractivity contribution < 1.29 is 37.0 Å². The van der Waals surface area contributed by atoms with Crippen molar-refractivity contribution in [3.63, 3.8) is 0 Å². The second-order valence-electron chi connectivity index (χ2n) is 7.32. The first-order chi connectivity index (χ1) is 14.7. The monoisotopic (exact) mass is 444 g/mol. The van der Waals surface area contributed by atoms with Crippen LogP contribution in [-0.4, -0.2) is 62.9 Å². The molecule has 1 amide bonds. The third kappa shape index (κ3) is 5.64. The van der Waals surface area contributed by atoms with Crippen molar-refractivity contribution in [3.05, 3.63) is 42.4 Å². The zero-order chi connectivity index (χ0) is 22.6. The van der Waals surface area contributed by atoms with Gasteiger partial charge in [-0.3, -0.25) is 9.69 Å². The number of likely N-dealkylation sites (tertiary alicyclic amines) is 1. The summed E-state index contributed by atoms with van der Waals surface area (Å²) >= 11 is 0. The molecular weight excluding hydrogens is 421 g/mol. The van der Waals surface area contributed by atoms with Gasteiger partial charge in [0.1, 0.15) is 5.76 Å². The van der Waals surface area contributed by atoms with Crippen LogP contribution in [0, 0.1) is 5.92 Å². The van der Waals surface area contributed by atoms with E-state index in [4.69, 9.17) is 19.1 Å². The van der Waals surface area contributed by atoms with Crippen molar-refractivity contribution in [2.75, 3.05) is 13.2 Å². The van der Waals surface area contributed by atoms with Gasteiger partial charge in [0.25, 0.3) is 0 Å². The number of nitrogens with one attached hydrogen (secondary N) is 1. The van der Waals surface area contributed by atoms with Gasteiger partial charge in [-0.1, -0.05) is 0 Å². The SMILES string of the molecule is Cn1cncc1CN1C[C@H](C(=O)NCc2ccco2)[C@H]2OCC[C@H]21.O=C(O)C(F)(F)F. The molecule has 0 saturated carbocycles. The average molecular weight is 444 g/mol. The molecule has 31 heavy (non-hydrogen) atoms. The molecule has 2 aromatic heterocycles. The highest BCUT2D eigenvalue weighted by Gasteiger charge is 2.48. The number of aliphatic carboxylic acids is 1. The van der Waals surface area contributed by atoms with Gasteiger partial charge in [0.05, 0.1) is 36.9 Å². The Morgan fingerprint density at radius 3 is 2.71 bits per heavy atom. The van der Waals surface area contributed by atoms with Gasteiger partial charge in [0.2, 0.25) is 5.91 Å². The first-order valence-electron chi connectivity index (χ1n) is 9.58. The molecule has 4 rings (SSSR count). The summed E-state index contributed by atoms with van der Waals surface area (Å²) < 4.78 is 44.9. The van der Waals surface area contributed by atoms with E-state index in [-0.39, 0.29) is 17.9 Å². The number of carboxylic acid groups (broad SMARTS) is 1. The second-order valence-corrected chi connectivity index (χ2v) is 7.32. The van der Waals surface area contributed by atoms with Gasteiger partial charge in [-0.25, -0.2) is 9.78 Å². The lowest BCUT2D eigenvalue weighted by atomic mass is 10.0. The van der Waals surface area contributed by atoms with Crippen molar-refractivity contribution in [2.45, 2.75) is 37.8 Å². The quantitative estimate of drug-likeness (QED) is 0.720. The molecule has 2 fully saturated rings. The van der Waals surface area contributed by atoms with Gasteiger partial charge in [0, 0.05) is 39.0 Å². The molecule has 3 atom stereocenters. The Labute approximate surface area is 175 Å². The predicted molar refractivity (Wildman–Crippen MR) is 99.5 cm³/mol. The van der Waals surface area contributed by atoms with Crippen LogP contribution in [0.25, 0.3) is 0 Å². The van der Waals surface area contributed by atoms with E-state index < -0.39 is 12.1 Å². The minimum atomic E-state index is -5.08. The maximum absolute atomic E-state index is 12.6. The Morgan fingerprint density at radius 1 is 1.39 bits per heavy atom. The number of halogens is 3. The number of fused-ring (bicyclic) bond motifs is 1. The number of carbonyl (C=O) groups is 2. The van der Waals surface area contributed by atoms with Gasteiger partial charge in [0.15, 0.2) is 0 Å². The molecule has 0 bridgehead atoms. The number of hydrogen-bond donors (Lipinski definition) is 2. The fourth-order valence-electron chi connectivity index (χ4n) is 3.74. The van der Waals surface area contributed by atoms with Crippen LogP contribution in [0.4, 0.5) is 13.2 Å². The number of imidazole rings is 1. The number of hydrogen-bond acceptors (Lipinski definition) is 6. The third-order valence-corrected chi connectivity index (χ3v) is 5.28. The number of aromatic nitrogens is 2. The Bertz CT molecular complexity index is 883. The summed E-state index contributed by atoms with van der Waals surface area (Å²) in [5.41, 5.74) is 1.15. The molecule has 2 saturated heterocycles. The van der Waals surface area contributed by atoms with E-state index in [9.17, 15) is 18.0 Å². The molecule has 12 heteroatoms. The minimum Gasteiger partial charge on any atom is -0.475 e. The molecule has 170 valence electrons. The van der Waals surface area contributed by atoms with Crippen LogP contribution in [0.15, 0.2) is 35.3 Å². The molecule has 9 nitrogen and oxygen atoms in total. The Balaban J connectivity index is 0.000000339. The van der Waals surface area contributed by atoms with Crippen LogP contribution < -0.4 is 5.32 Å². The van der Waals surface area contributed by atoms with E-state index in [2.05, 4.69) is 15.2 Å². The van der Waals surface area contributed by atoms with Gasteiger partial charge < -0.3 is 24.1 Å². The molecule has 2 aromatic rings. The largest absolute Gasteiger partial charge is 0.490 e. The van der Waals surface area contributed by atoms with Crippen LogP contribution in [0.2, 0.25) is 0 Å². The summed E-state index contributed by atoms with van der Waals surface area (Å²) in [6.45, 7) is 2.65. The zero-order valence-corrected chi connectivity index (χ0v) is 16.7. The van der Waals surface area contributed by atoms with E-state index >= 15 is 0 Å². The topological polar surface area (TPSA) is 110 Å². The molecule has 0 radical (unpaired) electrons. The number of alkyl halides is 3. The molecule has 2 N–H and O–H groups in total. The molecule has 0 aromatic carbocycles. The lowest BCUT2D eigenvalue weighted by Crippen LogP contribution is -2.37. The highest BCUT2D eigenvalue weighted by Crippen LogP contribution is 2.34. The third-order valence-electron chi connectivity index (χ3n) is 5.28. The van der Waals surface area contributed by atoms with Crippen LogP contribution in [-0.2, 0) is 34.5 Å². The van der Waals surface area contributed by atoms with Crippen molar-refractivity contribution >= 4 is 11.9 Å². The Kier molecular flexibility index (Phi) is 7.01. The van der Waals surface area contributed by atoms with Crippen LogP contribution in [0.3, 0.4) is 0 Å². The van der Waals surface area contributed by atoms with E-state index in [0.29, 0.717) is 19.1 Å². The van der Waals surface area contributed by atoms with Crippen molar-refractivity contribution in [2.24, 2.45) is 13.0 Å². The van der Waals surface area contributed by atoms with Crippen molar-refractivity contribution in [3.8, 4) is 0 Å². The fraction of sp³-hybridized carbons (Fsp3) is 0.526. The van der Waals surface area contributed by atoms with Gasteiger partial charge in [-0.05, 0) is 18.6 Å². The summed E-state index contributed by atoms with van der Waals surface area (Å²) in [6, 6.07) is 3.99. The number of carboxylic acids is 1. The van der Waals surface area contributed by atoms with Gasteiger partial charge in [-0.15, -0.1) is 0 Å². The van der Waals surface area contributed by atoms with Crippen LogP contribution in [0.5, 0.6) is 0 Å². The smallest absolute Gasteiger partial charge is 0.475 e. The average Bonchev–Trinajstić information content (AvgIpc) is 3.47. The fourth-order valence-corrected chi connectivity index (χ4v) is 3.74. The van der Waals surface area contributed by atoms with E-state index in [1.165, 1.54) is 0 Å². The number of amides is 1. The molecule has 2 aliphatic heterocycles. The molecule has 4 heterocycles.